The van der Waals surface area contributed by atoms with Crippen molar-refractivity contribution in [3.05, 3.63) is 54.0 Å². The molecule has 1 saturated heterocycles. The van der Waals surface area contributed by atoms with Crippen LogP contribution in [0.15, 0.2) is 47.1 Å². The van der Waals surface area contributed by atoms with Gasteiger partial charge in [-0.15, -0.1) is 0 Å². The molecule has 0 spiro atoms. The number of methoxy groups -OCH3 is 1. The minimum Gasteiger partial charge on any atom is -0.378 e. The molecule has 4 aromatic heterocycles. The molecule has 5 rings (SSSR count). The number of pyridine rings is 1. The summed E-state index contributed by atoms with van der Waals surface area (Å²) in [7, 11) is 5.10. The third-order valence-electron chi connectivity index (χ3n) is 5.87. The Morgan fingerprint density at radius 1 is 1.14 bits per heavy atom. The maximum absolute atomic E-state index is 12.4. The third-order valence-corrected chi connectivity index (χ3v) is 5.87. The van der Waals surface area contributed by atoms with Gasteiger partial charge in [0.2, 0.25) is 11.5 Å². The van der Waals surface area contributed by atoms with Crippen LogP contribution in [0.4, 0.5) is 11.8 Å². The van der Waals surface area contributed by atoms with Gasteiger partial charge in [-0.1, -0.05) is 11.2 Å². The number of nitrogens with one attached hydrogen (secondary N) is 1. The number of aliphatic hydroxyl groups is 1. The minimum atomic E-state index is -1.71. The lowest BCUT2D eigenvalue weighted by molar-refractivity contribution is -0.144. The molecule has 0 radical (unpaired) electrons. The number of aromatic nitrogens is 6. The van der Waals surface area contributed by atoms with Gasteiger partial charge in [-0.3, -0.25) is 9.48 Å². The summed E-state index contributed by atoms with van der Waals surface area (Å²) in [4.78, 5) is 27.3. The van der Waals surface area contributed by atoms with Crippen molar-refractivity contribution in [2.45, 2.75) is 18.6 Å². The van der Waals surface area contributed by atoms with Crippen LogP contribution >= 0.6 is 0 Å². The topological polar surface area (TPSA) is 144 Å². The van der Waals surface area contributed by atoms with E-state index in [0.717, 1.165) is 5.69 Å². The van der Waals surface area contributed by atoms with Crippen LogP contribution in [-0.2, 0) is 28.8 Å². The molecule has 0 saturated carbocycles. The molecule has 0 bridgehead atoms. The molecule has 1 atom stereocenters. The first-order valence-electron chi connectivity index (χ1n) is 10.9. The normalized spacial score (nSPS) is 17.8. The van der Waals surface area contributed by atoms with Crippen LogP contribution in [0, 0.1) is 0 Å². The van der Waals surface area contributed by atoms with Gasteiger partial charge in [-0.05, 0) is 18.2 Å². The van der Waals surface area contributed by atoms with Crippen LogP contribution in [0.5, 0.6) is 0 Å². The number of anilines is 2. The first-order valence-corrected chi connectivity index (χ1v) is 10.9. The van der Waals surface area contributed by atoms with Gasteiger partial charge in [-0.2, -0.15) is 5.10 Å². The fraction of sp³-hybridized carbons (Fsp3) is 0.304. The number of amides is 1. The molecule has 0 aliphatic carbocycles. The van der Waals surface area contributed by atoms with E-state index in [1.807, 2.05) is 25.2 Å². The maximum atomic E-state index is 12.4. The van der Waals surface area contributed by atoms with E-state index in [9.17, 15) is 9.90 Å². The molecular weight excluding hydrogens is 452 g/mol. The Labute approximate surface area is 200 Å². The predicted molar refractivity (Wildman–Crippen MR) is 124 cm³/mol. The van der Waals surface area contributed by atoms with E-state index in [2.05, 4.69) is 30.5 Å². The SMILES string of the molecule is COCc1cc(Nc2nccc(-c3cccc(-c4cc([C@]5(O)CCN(C)C5=O)on4)n3)n2)nn1C. The summed E-state index contributed by atoms with van der Waals surface area (Å²) in [6, 6.07) is 10.6. The zero-order valence-corrected chi connectivity index (χ0v) is 19.5. The highest BCUT2D eigenvalue weighted by Gasteiger charge is 2.48. The van der Waals surface area contributed by atoms with Gasteiger partial charge < -0.3 is 24.6 Å². The number of rotatable bonds is 7. The zero-order chi connectivity index (χ0) is 24.6. The molecule has 12 nitrogen and oxygen atoms in total. The number of likely N-dealkylation sites (tertiary alicyclic amines) is 1. The van der Waals surface area contributed by atoms with Crippen LogP contribution in [0.3, 0.4) is 0 Å². The highest BCUT2D eigenvalue weighted by atomic mass is 16.5. The molecule has 12 heteroatoms. The summed E-state index contributed by atoms with van der Waals surface area (Å²) in [5.74, 6) is 0.654. The van der Waals surface area contributed by atoms with Gasteiger partial charge >= 0.3 is 0 Å². The van der Waals surface area contributed by atoms with Gasteiger partial charge in [0.15, 0.2) is 11.6 Å². The van der Waals surface area contributed by atoms with E-state index in [1.54, 1.807) is 43.2 Å². The number of hydrogen-bond donors (Lipinski definition) is 2. The lowest BCUT2D eigenvalue weighted by atomic mass is 9.98. The number of aryl methyl sites for hydroxylation is 1. The molecule has 35 heavy (non-hydrogen) atoms. The Bertz CT molecular complexity index is 1380. The summed E-state index contributed by atoms with van der Waals surface area (Å²) in [5, 5.41) is 22.3. The van der Waals surface area contributed by atoms with Crippen molar-refractivity contribution in [1.82, 2.24) is 34.8 Å². The van der Waals surface area contributed by atoms with E-state index >= 15 is 0 Å². The van der Waals surface area contributed by atoms with Crippen LogP contribution in [-0.4, -0.2) is 66.5 Å². The van der Waals surface area contributed by atoms with E-state index in [1.165, 1.54) is 4.90 Å². The molecule has 1 amide bonds. The van der Waals surface area contributed by atoms with Crippen molar-refractivity contribution in [1.29, 1.82) is 0 Å². The summed E-state index contributed by atoms with van der Waals surface area (Å²) in [6.45, 7) is 0.879. The largest absolute Gasteiger partial charge is 0.378 e. The van der Waals surface area contributed by atoms with Gasteiger partial charge in [0.1, 0.15) is 5.69 Å². The highest BCUT2D eigenvalue weighted by molar-refractivity contribution is 5.87. The quantitative estimate of drug-likeness (QED) is 0.405. The van der Waals surface area contributed by atoms with Gasteiger partial charge in [0, 0.05) is 52.5 Å². The smallest absolute Gasteiger partial charge is 0.262 e. The molecular formula is C23H24N8O4. The third kappa shape index (κ3) is 4.24. The molecule has 0 aromatic carbocycles. The number of nitrogens with zero attached hydrogens (tertiary/aromatic N) is 7. The van der Waals surface area contributed by atoms with Crippen molar-refractivity contribution in [3.8, 4) is 22.8 Å². The standard InChI is InChI=1S/C23H24N8O4/c1-30-10-8-23(33,21(30)32)19-12-18(29-35-19)16-6-4-5-15(25-16)17-7-9-24-22(26-17)27-20-11-14(13-34-3)31(2)28-20/h4-7,9,11-12,33H,8,10,13H2,1-3H3,(H,24,26,27,28)/t23-/m1/s1. The second-order valence-corrected chi connectivity index (χ2v) is 8.29. The predicted octanol–water partition coefficient (Wildman–Crippen LogP) is 1.87. The number of ether oxygens (including phenoxy) is 1. The van der Waals surface area contributed by atoms with Gasteiger partial charge in [0.25, 0.3) is 5.91 Å². The van der Waals surface area contributed by atoms with Crippen molar-refractivity contribution in [3.63, 3.8) is 0 Å². The molecule has 2 N–H and O–H groups in total. The lowest BCUT2D eigenvalue weighted by Gasteiger charge is -2.16. The Kier molecular flexibility index (Phi) is 5.75. The minimum absolute atomic E-state index is 0.103. The van der Waals surface area contributed by atoms with Gasteiger partial charge in [0.05, 0.1) is 29.4 Å². The van der Waals surface area contributed by atoms with Crippen LogP contribution in [0.2, 0.25) is 0 Å². The number of carbonyl (C=O) groups excluding carboxylic acids is 1. The zero-order valence-electron chi connectivity index (χ0n) is 19.5. The van der Waals surface area contributed by atoms with Crippen LogP contribution in [0.25, 0.3) is 22.8 Å². The average Bonchev–Trinajstić information content (AvgIpc) is 3.56. The lowest BCUT2D eigenvalue weighted by Crippen LogP contribution is -2.35. The van der Waals surface area contributed by atoms with Crippen LogP contribution in [0.1, 0.15) is 17.9 Å². The summed E-state index contributed by atoms with van der Waals surface area (Å²) in [5.41, 5.74) is 1.30. The molecule has 0 unspecified atom stereocenters. The average molecular weight is 476 g/mol. The molecule has 1 fully saturated rings. The molecule has 180 valence electrons. The molecule has 1 aliphatic rings. The molecule has 1 aliphatic heterocycles. The van der Waals surface area contributed by atoms with Crippen molar-refractivity contribution in [2.75, 3.05) is 26.0 Å². The van der Waals surface area contributed by atoms with E-state index in [4.69, 9.17) is 9.26 Å². The molecule has 4 aromatic rings. The second kappa shape index (κ2) is 8.89. The fourth-order valence-electron chi connectivity index (χ4n) is 3.92. The van der Waals surface area contributed by atoms with Crippen LogP contribution < -0.4 is 5.32 Å². The maximum Gasteiger partial charge on any atom is 0.262 e. The number of likely N-dealkylation sites (N-methyl/N-ethyl adjacent to an activating group) is 1. The first-order chi connectivity index (χ1) is 16.9. The Morgan fingerprint density at radius 3 is 2.66 bits per heavy atom. The van der Waals surface area contributed by atoms with E-state index in [-0.39, 0.29) is 12.2 Å². The van der Waals surface area contributed by atoms with Crippen molar-refractivity contribution < 1.29 is 19.2 Å². The Hall–Kier alpha value is -4.16. The first kappa shape index (κ1) is 22.6. The Balaban J connectivity index is 1.39. The summed E-state index contributed by atoms with van der Waals surface area (Å²) in [6.07, 6.45) is 1.87. The second-order valence-electron chi connectivity index (χ2n) is 8.29. The summed E-state index contributed by atoms with van der Waals surface area (Å²) < 4.78 is 12.2. The molecule has 5 heterocycles. The number of carbonyl (C=O) groups is 1. The highest BCUT2D eigenvalue weighted by Crippen LogP contribution is 2.34. The van der Waals surface area contributed by atoms with Crippen molar-refractivity contribution >= 4 is 17.7 Å². The summed E-state index contributed by atoms with van der Waals surface area (Å²) >= 11 is 0. The fourth-order valence-corrected chi connectivity index (χ4v) is 3.92. The Morgan fingerprint density at radius 2 is 1.91 bits per heavy atom. The van der Waals surface area contributed by atoms with Gasteiger partial charge in [-0.25, -0.2) is 15.0 Å². The van der Waals surface area contributed by atoms with E-state index < -0.39 is 11.5 Å². The monoisotopic (exact) mass is 476 g/mol. The van der Waals surface area contributed by atoms with Crippen molar-refractivity contribution in [2.24, 2.45) is 7.05 Å². The van der Waals surface area contributed by atoms with E-state index in [0.29, 0.717) is 47.7 Å². The number of hydrogen-bond acceptors (Lipinski definition) is 10.